The number of rotatable bonds is 3. The third-order valence-electron chi connectivity index (χ3n) is 8.62. The lowest BCUT2D eigenvalue weighted by Gasteiger charge is -2.42. The lowest BCUT2D eigenvalue weighted by molar-refractivity contribution is -0.152. The minimum atomic E-state index is -1.12. The van der Waals surface area contributed by atoms with Gasteiger partial charge in [-0.2, -0.15) is 0 Å². The normalized spacial score (nSPS) is 42.2. The molecule has 5 aliphatic rings. The predicted molar refractivity (Wildman–Crippen MR) is 116 cm³/mol. The minimum Gasteiger partial charge on any atom is -0.380 e. The number of nitrogens with one attached hydrogen (secondary N) is 1. The maximum atomic E-state index is 13.2. The Balaban J connectivity index is 1.10. The minimum absolute atomic E-state index is 0.0343. The molecule has 2 heterocycles. The number of aliphatic hydroxyl groups is 1. The maximum absolute atomic E-state index is 13.2. The fourth-order valence-corrected chi connectivity index (χ4v) is 6.34. The molecule has 5 atom stereocenters. The molecule has 2 saturated heterocycles. The van der Waals surface area contributed by atoms with Gasteiger partial charge in [0.05, 0.1) is 6.10 Å². The number of hydrogen-bond acceptors (Lipinski definition) is 5. The van der Waals surface area contributed by atoms with Crippen LogP contribution in [0.15, 0.2) is 0 Å². The van der Waals surface area contributed by atoms with E-state index in [0.717, 1.165) is 31.6 Å². The number of fused-ring (bicyclic) bond motifs is 1. The Morgan fingerprint density at radius 3 is 2.45 bits per heavy atom. The largest absolute Gasteiger partial charge is 0.380 e. The molecule has 5 rings (SSSR count). The van der Waals surface area contributed by atoms with Crippen molar-refractivity contribution >= 4 is 11.8 Å². The van der Waals surface area contributed by atoms with Gasteiger partial charge in [-0.15, -0.1) is 0 Å². The van der Waals surface area contributed by atoms with Crippen LogP contribution in [0.5, 0.6) is 0 Å². The SMILES string of the molecule is CC1CCC2NC(C3CCC(C(=O)N4CCN(C(=O)C5(O)CC5)[C@@H](C)C4)CC3)OC2C1. The number of carbonyl (C=O) groups excluding carboxylic acids is 2. The molecule has 2 N–H and O–H groups in total. The van der Waals surface area contributed by atoms with Gasteiger partial charge in [-0.25, -0.2) is 0 Å². The zero-order chi connectivity index (χ0) is 21.8. The first-order chi connectivity index (χ1) is 14.8. The van der Waals surface area contributed by atoms with Crippen molar-refractivity contribution in [3.8, 4) is 0 Å². The summed E-state index contributed by atoms with van der Waals surface area (Å²) < 4.78 is 6.40. The summed E-state index contributed by atoms with van der Waals surface area (Å²) in [6.07, 6.45) is 9.33. The van der Waals surface area contributed by atoms with Crippen LogP contribution >= 0.6 is 0 Å². The highest BCUT2D eigenvalue weighted by atomic mass is 16.5. The standard InChI is InChI=1S/C24H39N3O4/c1-15-3-8-19-20(13-15)31-21(25-19)17-4-6-18(7-5-17)22(28)26-11-12-27(16(2)14-26)23(29)24(30)9-10-24/h15-21,25,30H,3-14H2,1-2H3/t15?,16-,17?,18?,19?,20?,21?/m0/s1. The van der Waals surface area contributed by atoms with Gasteiger partial charge in [-0.1, -0.05) is 6.92 Å². The molecular weight excluding hydrogens is 394 g/mol. The zero-order valence-electron chi connectivity index (χ0n) is 19.1. The quantitative estimate of drug-likeness (QED) is 0.710. The molecule has 0 aromatic heterocycles. The van der Waals surface area contributed by atoms with E-state index in [1.807, 2.05) is 11.8 Å². The monoisotopic (exact) mass is 433 g/mol. The third-order valence-corrected chi connectivity index (χ3v) is 8.62. The van der Waals surface area contributed by atoms with Gasteiger partial charge in [0.1, 0.15) is 11.8 Å². The Kier molecular flexibility index (Phi) is 5.80. The van der Waals surface area contributed by atoms with E-state index in [1.165, 1.54) is 19.3 Å². The second-order valence-corrected chi connectivity index (χ2v) is 11.1. The van der Waals surface area contributed by atoms with Crippen LogP contribution in [-0.2, 0) is 14.3 Å². The third kappa shape index (κ3) is 4.25. The summed E-state index contributed by atoms with van der Waals surface area (Å²) in [7, 11) is 0. The molecule has 2 aliphatic heterocycles. The van der Waals surface area contributed by atoms with Crippen molar-refractivity contribution in [1.82, 2.24) is 15.1 Å². The molecule has 0 aromatic carbocycles. The van der Waals surface area contributed by atoms with Crippen LogP contribution in [0, 0.1) is 17.8 Å². The Morgan fingerprint density at radius 2 is 1.77 bits per heavy atom. The Bertz CT molecular complexity index is 703. The highest BCUT2D eigenvalue weighted by Crippen LogP contribution is 2.39. The number of ether oxygens (including phenoxy) is 1. The van der Waals surface area contributed by atoms with Crippen molar-refractivity contribution < 1.29 is 19.4 Å². The van der Waals surface area contributed by atoms with E-state index in [4.69, 9.17) is 4.74 Å². The Morgan fingerprint density at radius 1 is 1.03 bits per heavy atom. The van der Waals surface area contributed by atoms with E-state index in [0.29, 0.717) is 50.5 Å². The zero-order valence-corrected chi connectivity index (χ0v) is 19.1. The molecule has 7 heteroatoms. The molecule has 0 aromatic rings. The van der Waals surface area contributed by atoms with Crippen molar-refractivity contribution in [2.45, 2.75) is 102 Å². The summed E-state index contributed by atoms with van der Waals surface area (Å²) in [5.41, 5.74) is -1.12. The highest BCUT2D eigenvalue weighted by Gasteiger charge is 2.51. The first-order valence-electron chi connectivity index (χ1n) is 12.6. The second-order valence-electron chi connectivity index (χ2n) is 11.1. The van der Waals surface area contributed by atoms with E-state index in [2.05, 4.69) is 12.2 Å². The number of carbonyl (C=O) groups is 2. The van der Waals surface area contributed by atoms with Gasteiger partial charge in [0, 0.05) is 37.6 Å². The van der Waals surface area contributed by atoms with Crippen molar-refractivity contribution in [3.63, 3.8) is 0 Å². The fourth-order valence-electron chi connectivity index (χ4n) is 6.34. The Hall–Kier alpha value is -1.18. The average Bonchev–Trinajstić information content (AvgIpc) is 3.38. The van der Waals surface area contributed by atoms with E-state index >= 15 is 0 Å². The predicted octanol–water partition coefficient (Wildman–Crippen LogP) is 1.88. The van der Waals surface area contributed by atoms with Gasteiger partial charge >= 0.3 is 0 Å². The summed E-state index contributed by atoms with van der Waals surface area (Å²) >= 11 is 0. The molecule has 0 radical (unpaired) electrons. The highest BCUT2D eigenvalue weighted by molar-refractivity contribution is 5.88. The molecule has 174 valence electrons. The topological polar surface area (TPSA) is 82.1 Å². The first-order valence-corrected chi connectivity index (χ1v) is 12.6. The Labute approximate surface area is 185 Å². The number of nitrogens with zero attached hydrogens (tertiary/aromatic N) is 2. The first kappa shape index (κ1) is 21.7. The van der Waals surface area contributed by atoms with Gasteiger partial charge in [0.2, 0.25) is 5.91 Å². The molecule has 0 spiro atoms. The number of hydrogen-bond donors (Lipinski definition) is 2. The molecule has 3 aliphatic carbocycles. The van der Waals surface area contributed by atoms with Crippen molar-refractivity contribution in [2.75, 3.05) is 19.6 Å². The van der Waals surface area contributed by atoms with Crippen LogP contribution in [0.4, 0.5) is 0 Å². The fraction of sp³-hybridized carbons (Fsp3) is 0.917. The van der Waals surface area contributed by atoms with Gasteiger partial charge < -0.3 is 19.6 Å². The molecule has 2 amide bonds. The summed E-state index contributed by atoms with van der Waals surface area (Å²) in [5, 5.41) is 13.9. The van der Waals surface area contributed by atoms with Gasteiger partial charge in [0.25, 0.3) is 5.91 Å². The van der Waals surface area contributed by atoms with Crippen LogP contribution in [0.3, 0.4) is 0 Å². The van der Waals surface area contributed by atoms with Gasteiger partial charge in [-0.3, -0.25) is 14.9 Å². The molecule has 4 unspecified atom stereocenters. The van der Waals surface area contributed by atoms with E-state index in [1.54, 1.807) is 4.90 Å². The van der Waals surface area contributed by atoms with Crippen molar-refractivity contribution in [2.24, 2.45) is 17.8 Å². The number of amides is 2. The molecule has 0 bridgehead atoms. The average molecular weight is 434 g/mol. The van der Waals surface area contributed by atoms with Crippen molar-refractivity contribution in [3.05, 3.63) is 0 Å². The smallest absolute Gasteiger partial charge is 0.254 e. The summed E-state index contributed by atoms with van der Waals surface area (Å²) in [6, 6.07) is 0.489. The molecule has 31 heavy (non-hydrogen) atoms. The van der Waals surface area contributed by atoms with Crippen LogP contribution in [-0.4, -0.2) is 76.4 Å². The molecule has 5 fully saturated rings. The summed E-state index contributed by atoms with van der Waals surface area (Å²) in [5.74, 6) is 1.48. The molecule has 7 nitrogen and oxygen atoms in total. The van der Waals surface area contributed by atoms with Crippen LogP contribution in [0.1, 0.15) is 71.6 Å². The summed E-state index contributed by atoms with van der Waals surface area (Å²) in [4.78, 5) is 29.4. The maximum Gasteiger partial charge on any atom is 0.254 e. The van der Waals surface area contributed by atoms with E-state index < -0.39 is 5.60 Å². The lowest BCUT2D eigenvalue weighted by atomic mass is 9.80. The molecule has 3 saturated carbocycles. The van der Waals surface area contributed by atoms with Crippen LogP contribution < -0.4 is 5.32 Å². The van der Waals surface area contributed by atoms with Crippen LogP contribution in [0.25, 0.3) is 0 Å². The van der Waals surface area contributed by atoms with Gasteiger partial charge in [0.15, 0.2) is 0 Å². The van der Waals surface area contributed by atoms with E-state index in [-0.39, 0.29) is 30.0 Å². The number of piperazine rings is 1. The van der Waals surface area contributed by atoms with Gasteiger partial charge in [-0.05, 0) is 76.5 Å². The summed E-state index contributed by atoms with van der Waals surface area (Å²) in [6.45, 7) is 6.01. The van der Waals surface area contributed by atoms with Crippen molar-refractivity contribution in [1.29, 1.82) is 0 Å². The van der Waals surface area contributed by atoms with Crippen LogP contribution in [0.2, 0.25) is 0 Å². The molecular formula is C24H39N3O4. The lowest BCUT2D eigenvalue weighted by Crippen LogP contribution is -2.58. The van der Waals surface area contributed by atoms with E-state index in [9.17, 15) is 14.7 Å². The second kappa shape index (κ2) is 8.31.